The molecule has 1 N–H and O–H groups in total. The zero-order chi connectivity index (χ0) is 25.5. The summed E-state index contributed by atoms with van der Waals surface area (Å²) in [6.07, 6.45) is -6.33. The number of nitrogens with zero attached hydrogens (tertiary/aromatic N) is 5. The van der Waals surface area contributed by atoms with Crippen molar-refractivity contribution >= 4 is 38.5 Å². The number of aryl methyl sites for hydroxylation is 3. The van der Waals surface area contributed by atoms with E-state index in [1.807, 2.05) is 0 Å². The zero-order valence-corrected chi connectivity index (χ0v) is 20.1. The number of halogens is 4. The second-order valence-electron chi connectivity index (χ2n) is 7.57. The van der Waals surface area contributed by atoms with Crippen LogP contribution in [0.4, 0.5) is 19.0 Å². The number of benzene rings is 1. The molecule has 0 aliphatic carbocycles. The molecule has 0 radical (unpaired) electrons. The predicted molar refractivity (Wildman–Crippen MR) is 122 cm³/mol. The van der Waals surface area contributed by atoms with Crippen molar-refractivity contribution < 1.29 is 26.3 Å². The number of anilines is 1. The van der Waals surface area contributed by atoms with Gasteiger partial charge in [-0.2, -0.15) is 18.3 Å². The van der Waals surface area contributed by atoms with Gasteiger partial charge in [0.15, 0.2) is 0 Å². The molecule has 0 saturated carbocycles. The van der Waals surface area contributed by atoms with Gasteiger partial charge >= 0.3 is 6.18 Å². The molecule has 9 nitrogen and oxygen atoms in total. The predicted octanol–water partition coefficient (Wildman–Crippen LogP) is 4.51. The Hall–Kier alpha value is -3.45. The van der Waals surface area contributed by atoms with Crippen molar-refractivity contribution in [2.45, 2.75) is 31.0 Å². The lowest BCUT2D eigenvalue weighted by Gasteiger charge is -2.22. The standard InChI is InChI=1S/C21H18ClF3N6O3S/c1-11-8-9-13(10-26-11)17(21(23,24)25)34-20-19(27-14-6-4-5-7-15(14)28-20)30-35(32,33)16-12(2)29-31(3)18(16)22/h4-10,17H,1-3H3,(H,27,30). The number of fused-ring (bicyclic) bond motifs is 1. The third-order valence-electron chi connectivity index (χ3n) is 4.90. The molecule has 0 aliphatic rings. The van der Waals surface area contributed by atoms with Gasteiger partial charge in [0.25, 0.3) is 15.9 Å². The van der Waals surface area contributed by atoms with Crippen LogP contribution < -0.4 is 9.46 Å². The summed E-state index contributed by atoms with van der Waals surface area (Å²) in [5.74, 6) is -1.22. The Morgan fingerprint density at radius 2 is 1.74 bits per heavy atom. The number of hydrogen-bond donors (Lipinski definition) is 1. The first-order valence-corrected chi connectivity index (χ1v) is 11.9. The van der Waals surface area contributed by atoms with E-state index in [9.17, 15) is 21.6 Å². The van der Waals surface area contributed by atoms with Crippen LogP contribution >= 0.6 is 11.6 Å². The monoisotopic (exact) mass is 526 g/mol. The normalized spacial score (nSPS) is 13.1. The second kappa shape index (κ2) is 8.96. The lowest BCUT2D eigenvalue weighted by molar-refractivity contribution is -0.198. The van der Waals surface area contributed by atoms with E-state index in [0.717, 1.165) is 10.9 Å². The quantitative estimate of drug-likeness (QED) is 0.393. The Kier molecular flexibility index (Phi) is 6.32. The third-order valence-corrected chi connectivity index (χ3v) is 6.94. The molecule has 4 rings (SSSR count). The summed E-state index contributed by atoms with van der Waals surface area (Å²) in [7, 11) is -2.98. The van der Waals surface area contributed by atoms with Crippen molar-refractivity contribution in [1.82, 2.24) is 24.7 Å². The highest BCUT2D eigenvalue weighted by Gasteiger charge is 2.44. The molecule has 4 aromatic rings. The first-order chi connectivity index (χ1) is 16.4. The van der Waals surface area contributed by atoms with E-state index in [0.29, 0.717) is 5.69 Å². The number of nitrogens with one attached hydrogen (secondary N) is 1. The molecule has 14 heteroatoms. The average Bonchev–Trinajstić information content (AvgIpc) is 3.03. The van der Waals surface area contributed by atoms with Crippen molar-refractivity contribution in [1.29, 1.82) is 0 Å². The SMILES string of the molecule is Cc1ccc(C(Oc2nc3ccccc3nc2NS(=O)(=O)c2c(C)nn(C)c2Cl)C(F)(F)F)cn1. The fourth-order valence-electron chi connectivity index (χ4n) is 3.30. The van der Waals surface area contributed by atoms with E-state index in [2.05, 4.69) is 24.8 Å². The maximum atomic E-state index is 14.0. The largest absolute Gasteiger partial charge is 0.457 e. The molecule has 35 heavy (non-hydrogen) atoms. The van der Waals surface area contributed by atoms with E-state index in [4.69, 9.17) is 16.3 Å². The van der Waals surface area contributed by atoms with E-state index < -0.39 is 34.0 Å². The fourth-order valence-corrected chi connectivity index (χ4v) is 5.05. The highest BCUT2D eigenvalue weighted by atomic mass is 35.5. The molecular formula is C21H18ClF3N6O3S. The number of alkyl halides is 3. The Bertz CT molecular complexity index is 1510. The average molecular weight is 527 g/mol. The Morgan fingerprint density at radius 3 is 2.29 bits per heavy atom. The van der Waals surface area contributed by atoms with Gasteiger partial charge in [0.05, 0.1) is 16.7 Å². The number of pyridine rings is 1. The third kappa shape index (κ3) is 5.00. The summed E-state index contributed by atoms with van der Waals surface area (Å²) >= 11 is 6.09. The van der Waals surface area contributed by atoms with Gasteiger partial charge < -0.3 is 4.74 Å². The van der Waals surface area contributed by atoms with E-state index in [1.165, 1.54) is 38.2 Å². The van der Waals surface area contributed by atoms with Crippen molar-refractivity contribution in [3.05, 3.63) is 64.7 Å². The van der Waals surface area contributed by atoms with Crippen LogP contribution in [0, 0.1) is 13.8 Å². The number of rotatable bonds is 6. The van der Waals surface area contributed by atoms with Crippen LogP contribution in [0.1, 0.15) is 23.1 Å². The number of hydrogen-bond acceptors (Lipinski definition) is 7. The Balaban J connectivity index is 1.83. The van der Waals surface area contributed by atoms with Gasteiger partial charge in [-0.05, 0) is 32.0 Å². The minimum atomic E-state index is -4.87. The molecule has 1 aromatic carbocycles. The molecule has 3 aromatic heterocycles. The van der Waals surface area contributed by atoms with Gasteiger partial charge in [0.2, 0.25) is 11.9 Å². The maximum absolute atomic E-state index is 14.0. The number of ether oxygens (including phenoxy) is 1. The summed E-state index contributed by atoms with van der Waals surface area (Å²) in [5, 5.41) is 3.77. The first-order valence-electron chi connectivity index (χ1n) is 10.0. The molecule has 0 bridgehead atoms. The van der Waals surface area contributed by atoms with E-state index in [1.54, 1.807) is 19.1 Å². The van der Waals surface area contributed by atoms with Crippen molar-refractivity contribution in [2.24, 2.45) is 7.05 Å². The molecule has 0 amide bonds. The van der Waals surface area contributed by atoms with Gasteiger partial charge in [-0.25, -0.2) is 18.4 Å². The van der Waals surface area contributed by atoms with Crippen molar-refractivity contribution in [3.8, 4) is 5.88 Å². The van der Waals surface area contributed by atoms with Crippen LogP contribution in [0.5, 0.6) is 5.88 Å². The van der Waals surface area contributed by atoms with Crippen LogP contribution in [-0.4, -0.2) is 39.3 Å². The lowest BCUT2D eigenvalue weighted by Crippen LogP contribution is -2.27. The van der Waals surface area contributed by atoms with Crippen molar-refractivity contribution in [2.75, 3.05) is 4.72 Å². The molecule has 0 aliphatic heterocycles. The lowest BCUT2D eigenvalue weighted by atomic mass is 10.1. The van der Waals surface area contributed by atoms with Crippen LogP contribution in [-0.2, 0) is 17.1 Å². The summed E-state index contributed by atoms with van der Waals surface area (Å²) < 4.78 is 76.8. The zero-order valence-electron chi connectivity index (χ0n) is 18.5. The number of para-hydroxylation sites is 2. The van der Waals surface area contributed by atoms with E-state index in [-0.39, 0.29) is 32.3 Å². The highest BCUT2D eigenvalue weighted by molar-refractivity contribution is 7.92. The highest BCUT2D eigenvalue weighted by Crippen LogP contribution is 2.39. The van der Waals surface area contributed by atoms with Crippen LogP contribution in [0.25, 0.3) is 11.0 Å². The molecule has 1 atom stereocenters. The van der Waals surface area contributed by atoms with Crippen LogP contribution in [0.15, 0.2) is 47.5 Å². The van der Waals surface area contributed by atoms with Crippen LogP contribution in [0.3, 0.4) is 0 Å². The maximum Gasteiger partial charge on any atom is 0.429 e. The smallest absolute Gasteiger partial charge is 0.429 e. The van der Waals surface area contributed by atoms with Gasteiger partial charge in [-0.3, -0.25) is 14.4 Å². The second-order valence-corrected chi connectivity index (χ2v) is 9.55. The molecule has 184 valence electrons. The topological polar surface area (TPSA) is 112 Å². The number of sulfonamides is 1. The van der Waals surface area contributed by atoms with Gasteiger partial charge in [0, 0.05) is 24.5 Å². The first kappa shape index (κ1) is 24.7. The minimum absolute atomic E-state index is 0.0834. The van der Waals surface area contributed by atoms with Gasteiger partial charge in [0.1, 0.15) is 10.0 Å². The Morgan fingerprint density at radius 1 is 1.09 bits per heavy atom. The van der Waals surface area contributed by atoms with E-state index >= 15 is 0 Å². The Labute approximate surface area is 203 Å². The fraction of sp³-hybridized carbons (Fsp3) is 0.238. The number of aromatic nitrogens is 5. The van der Waals surface area contributed by atoms with Crippen molar-refractivity contribution in [3.63, 3.8) is 0 Å². The molecule has 0 spiro atoms. The molecular weight excluding hydrogens is 509 g/mol. The van der Waals surface area contributed by atoms with Gasteiger partial charge in [-0.1, -0.05) is 29.8 Å². The molecule has 0 saturated heterocycles. The summed E-state index contributed by atoms with van der Waals surface area (Å²) in [4.78, 5) is 11.8. The summed E-state index contributed by atoms with van der Waals surface area (Å²) in [5.41, 5.74) is 0.728. The molecule has 3 heterocycles. The molecule has 1 unspecified atom stereocenters. The molecule has 0 fully saturated rings. The summed E-state index contributed by atoms with van der Waals surface area (Å²) in [6.45, 7) is 3.05. The van der Waals surface area contributed by atoms with Crippen LogP contribution in [0.2, 0.25) is 5.15 Å². The minimum Gasteiger partial charge on any atom is -0.457 e. The summed E-state index contributed by atoms with van der Waals surface area (Å²) in [6, 6.07) is 8.88. The van der Waals surface area contributed by atoms with Gasteiger partial charge in [-0.15, -0.1) is 0 Å².